The Bertz CT molecular complexity index is 1140. The van der Waals surface area contributed by atoms with Crippen LogP contribution in [0.1, 0.15) is 198 Å². The fraction of sp³-hybridized carbons (Fsp3) is 0.674. The predicted octanol–water partition coefficient (Wildman–Crippen LogP) is 14.0. The van der Waals surface area contributed by atoms with E-state index in [1.807, 2.05) is 0 Å². The van der Waals surface area contributed by atoms with Crippen LogP contribution in [-0.4, -0.2) is 4.98 Å². The van der Waals surface area contributed by atoms with Crippen LogP contribution in [0.25, 0.3) is 0 Å². The molecule has 48 heavy (non-hydrogen) atoms. The van der Waals surface area contributed by atoms with Gasteiger partial charge in [0.2, 0.25) is 0 Å². The molecule has 0 saturated carbocycles. The summed E-state index contributed by atoms with van der Waals surface area (Å²) in [6.07, 6.45) is 39.0. The summed E-state index contributed by atoms with van der Waals surface area (Å²) in [5.74, 6) is 1.87. The molecule has 0 aliphatic heterocycles. The SMILES string of the molecule is CCCCCCCCCCCCCCCCC[n+]1cc[nH]c1C(CCCCCCCCCC)C(C)(Cc1ccccc1)c1ccccc1. The summed E-state index contributed by atoms with van der Waals surface area (Å²) >= 11 is 0. The lowest BCUT2D eigenvalue weighted by atomic mass is 9.66. The van der Waals surface area contributed by atoms with Gasteiger partial charge in [-0.2, -0.15) is 0 Å². The third kappa shape index (κ3) is 15.5. The molecular formula is C46H75N2+. The molecule has 2 aromatic carbocycles. The van der Waals surface area contributed by atoms with Gasteiger partial charge in [-0.3, -0.25) is 0 Å². The maximum Gasteiger partial charge on any atom is 0.258 e. The van der Waals surface area contributed by atoms with Crippen molar-refractivity contribution < 1.29 is 4.57 Å². The third-order valence-electron chi connectivity index (χ3n) is 11.1. The monoisotopic (exact) mass is 656 g/mol. The van der Waals surface area contributed by atoms with Gasteiger partial charge in [-0.25, -0.2) is 9.55 Å². The lowest BCUT2D eigenvalue weighted by molar-refractivity contribution is -0.705. The lowest BCUT2D eigenvalue weighted by Crippen LogP contribution is -2.43. The van der Waals surface area contributed by atoms with Crippen LogP contribution in [0, 0.1) is 0 Å². The largest absolute Gasteiger partial charge is 0.258 e. The number of aryl methyl sites for hydroxylation is 1. The molecule has 2 heteroatoms. The van der Waals surface area contributed by atoms with Crippen LogP contribution < -0.4 is 4.57 Å². The van der Waals surface area contributed by atoms with Gasteiger partial charge in [0.05, 0.1) is 12.5 Å². The second-order valence-corrected chi connectivity index (χ2v) is 15.3. The van der Waals surface area contributed by atoms with Gasteiger partial charge in [0.1, 0.15) is 12.4 Å². The summed E-state index contributed by atoms with van der Waals surface area (Å²) in [4.78, 5) is 3.81. The average molecular weight is 656 g/mol. The first-order chi connectivity index (χ1) is 23.7. The molecule has 1 heterocycles. The quantitative estimate of drug-likeness (QED) is 0.0545. The Morgan fingerprint density at radius 3 is 1.48 bits per heavy atom. The number of H-pyrrole nitrogens is 1. The summed E-state index contributed by atoms with van der Waals surface area (Å²) in [6.45, 7) is 8.29. The molecule has 268 valence electrons. The summed E-state index contributed by atoms with van der Waals surface area (Å²) in [7, 11) is 0. The van der Waals surface area contributed by atoms with E-state index in [0.717, 1.165) is 13.0 Å². The topological polar surface area (TPSA) is 19.7 Å². The predicted molar refractivity (Wildman–Crippen MR) is 210 cm³/mol. The highest BCUT2D eigenvalue weighted by atomic mass is 15.1. The molecule has 0 aliphatic carbocycles. The van der Waals surface area contributed by atoms with E-state index in [9.17, 15) is 0 Å². The molecule has 2 nitrogen and oxygen atoms in total. The molecule has 0 aliphatic rings. The minimum absolute atomic E-state index is 0.00535. The molecule has 2 atom stereocenters. The number of benzene rings is 2. The van der Waals surface area contributed by atoms with Gasteiger partial charge in [-0.1, -0.05) is 216 Å². The fourth-order valence-electron chi connectivity index (χ4n) is 8.03. The number of nitrogens with zero attached hydrogens (tertiary/aromatic N) is 1. The zero-order valence-corrected chi connectivity index (χ0v) is 31.8. The van der Waals surface area contributed by atoms with Crippen molar-refractivity contribution >= 4 is 0 Å². The number of rotatable bonds is 30. The van der Waals surface area contributed by atoms with Crippen LogP contribution in [0.2, 0.25) is 0 Å². The number of nitrogens with one attached hydrogen (secondary N) is 1. The second-order valence-electron chi connectivity index (χ2n) is 15.3. The Kier molecular flexibility index (Phi) is 21.4. The maximum atomic E-state index is 3.81. The second kappa shape index (κ2) is 25.6. The Labute approximate surface area is 297 Å². The maximum absolute atomic E-state index is 3.81. The van der Waals surface area contributed by atoms with E-state index in [1.54, 1.807) is 0 Å². The van der Waals surface area contributed by atoms with Gasteiger partial charge in [0.15, 0.2) is 0 Å². The van der Waals surface area contributed by atoms with Gasteiger partial charge in [-0.15, -0.1) is 0 Å². The Hall–Kier alpha value is -2.35. The average Bonchev–Trinajstić information content (AvgIpc) is 3.58. The van der Waals surface area contributed by atoms with Gasteiger partial charge in [0, 0.05) is 5.41 Å². The van der Waals surface area contributed by atoms with E-state index in [0.29, 0.717) is 5.92 Å². The Balaban J connectivity index is 1.54. The molecule has 3 rings (SSSR count). The van der Waals surface area contributed by atoms with Crippen molar-refractivity contribution in [2.45, 2.75) is 199 Å². The number of hydrogen-bond donors (Lipinski definition) is 1. The smallest absolute Gasteiger partial charge is 0.247 e. The fourth-order valence-corrected chi connectivity index (χ4v) is 8.03. The molecule has 1 N–H and O–H groups in total. The highest BCUT2D eigenvalue weighted by Crippen LogP contribution is 2.43. The van der Waals surface area contributed by atoms with E-state index in [1.165, 1.54) is 171 Å². The van der Waals surface area contributed by atoms with Crippen molar-refractivity contribution in [3.8, 4) is 0 Å². The molecular weight excluding hydrogens is 581 g/mol. The number of aromatic nitrogens is 2. The number of imidazole rings is 1. The molecule has 2 unspecified atom stereocenters. The van der Waals surface area contributed by atoms with E-state index in [2.05, 4.69) is 103 Å². The minimum atomic E-state index is 0.00535. The van der Waals surface area contributed by atoms with Crippen molar-refractivity contribution in [3.05, 3.63) is 90.0 Å². The van der Waals surface area contributed by atoms with Gasteiger partial charge in [-0.05, 0) is 36.8 Å². The van der Waals surface area contributed by atoms with Crippen LogP contribution in [0.4, 0.5) is 0 Å². The van der Waals surface area contributed by atoms with Crippen LogP contribution in [-0.2, 0) is 18.4 Å². The van der Waals surface area contributed by atoms with Crippen molar-refractivity contribution in [1.29, 1.82) is 0 Å². The highest BCUT2D eigenvalue weighted by Gasteiger charge is 2.41. The zero-order chi connectivity index (χ0) is 34.0. The summed E-state index contributed by atoms with van der Waals surface area (Å²) in [5, 5.41) is 0. The third-order valence-corrected chi connectivity index (χ3v) is 11.1. The van der Waals surface area contributed by atoms with Crippen molar-refractivity contribution in [3.63, 3.8) is 0 Å². The number of unbranched alkanes of at least 4 members (excludes halogenated alkanes) is 21. The molecule has 0 spiro atoms. The molecule has 0 radical (unpaired) electrons. The van der Waals surface area contributed by atoms with Gasteiger partial charge < -0.3 is 0 Å². The summed E-state index contributed by atoms with van der Waals surface area (Å²) in [6, 6.07) is 22.6. The number of hydrogen-bond acceptors (Lipinski definition) is 0. The first-order valence-corrected chi connectivity index (χ1v) is 20.8. The lowest BCUT2D eigenvalue weighted by Gasteiger charge is -2.37. The van der Waals surface area contributed by atoms with Gasteiger partial charge in [0.25, 0.3) is 5.82 Å². The Morgan fingerprint density at radius 2 is 0.979 bits per heavy atom. The van der Waals surface area contributed by atoms with E-state index in [-0.39, 0.29) is 5.41 Å². The number of aromatic amines is 1. The standard InChI is InChI=1S/C46H74N2/c1-4-6-8-10-12-14-15-16-17-18-19-20-22-24-32-39-48-40-38-47-45(48)44(37-31-23-21-13-11-9-7-5-2)46(3,43-35-29-26-30-36-43)41-42-33-27-25-28-34-42/h25-30,33-36,38,40,44H,4-24,31-32,37,39,41H2,1-3H3/p+1. The zero-order valence-electron chi connectivity index (χ0n) is 31.8. The molecule has 1 aromatic heterocycles. The summed E-state index contributed by atoms with van der Waals surface area (Å²) < 4.78 is 2.59. The molecule has 0 saturated heterocycles. The normalized spacial score (nSPS) is 13.5. The first kappa shape index (κ1) is 40.1. The van der Waals surface area contributed by atoms with Crippen LogP contribution >= 0.6 is 0 Å². The van der Waals surface area contributed by atoms with Crippen LogP contribution in [0.15, 0.2) is 73.1 Å². The van der Waals surface area contributed by atoms with E-state index < -0.39 is 0 Å². The van der Waals surface area contributed by atoms with Crippen LogP contribution in [0.5, 0.6) is 0 Å². The van der Waals surface area contributed by atoms with Crippen molar-refractivity contribution in [2.75, 3.05) is 0 Å². The molecule has 0 fully saturated rings. The van der Waals surface area contributed by atoms with E-state index in [4.69, 9.17) is 0 Å². The van der Waals surface area contributed by atoms with E-state index >= 15 is 0 Å². The van der Waals surface area contributed by atoms with Crippen molar-refractivity contribution in [1.82, 2.24) is 4.98 Å². The van der Waals surface area contributed by atoms with Gasteiger partial charge >= 0.3 is 0 Å². The van der Waals surface area contributed by atoms with Crippen molar-refractivity contribution in [2.24, 2.45) is 0 Å². The Morgan fingerprint density at radius 1 is 0.542 bits per heavy atom. The molecule has 0 amide bonds. The summed E-state index contributed by atoms with van der Waals surface area (Å²) in [5.41, 5.74) is 2.91. The van der Waals surface area contributed by atoms with Crippen LogP contribution in [0.3, 0.4) is 0 Å². The highest BCUT2D eigenvalue weighted by molar-refractivity contribution is 5.32. The minimum Gasteiger partial charge on any atom is -0.247 e. The first-order valence-electron chi connectivity index (χ1n) is 20.8. The molecule has 0 bridgehead atoms. The molecule has 3 aromatic rings.